The predicted octanol–water partition coefficient (Wildman–Crippen LogP) is 0.906. The van der Waals surface area contributed by atoms with Gasteiger partial charge in [-0.3, -0.25) is 9.88 Å². The van der Waals surface area contributed by atoms with E-state index in [1.165, 1.54) is 0 Å². The Kier molecular flexibility index (Phi) is 5.13. The molecule has 0 aliphatic carbocycles. The smallest absolute Gasteiger partial charge is 0.138 e. The number of nitrogens with one attached hydrogen (secondary N) is 1. The van der Waals surface area contributed by atoms with Crippen molar-refractivity contribution in [2.24, 2.45) is 0 Å². The lowest BCUT2D eigenvalue weighted by atomic mass is 10.2. The van der Waals surface area contributed by atoms with Gasteiger partial charge in [0.1, 0.15) is 5.75 Å². The summed E-state index contributed by atoms with van der Waals surface area (Å²) < 4.78 is 5.71. The molecule has 2 N–H and O–H groups in total. The van der Waals surface area contributed by atoms with E-state index >= 15 is 0 Å². The van der Waals surface area contributed by atoms with Crippen molar-refractivity contribution in [3.05, 3.63) is 23.5 Å². The molecule has 1 fully saturated rings. The Bertz CT molecular complexity index is 412. The Morgan fingerprint density at radius 3 is 3.16 bits per heavy atom. The van der Waals surface area contributed by atoms with Crippen LogP contribution in [-0.2, 0) is 11.3 Å². The summed E-state index contributed by atoms with van der Waals surface area (Å²) in [4.78, 5) is 6.71. The topological polar surface area (TPSA) is 57.6 Å². The van der Waals surface area contributed by atoms with Gasteiger partial charge in [0.2, 0.25) is 0 Å². The lowest BCUT2D eigenvalue weighted by Crippen LogP contribution is -2.46. The average molecular weight is 265 g/mol. The van der Waals surface area contributed by atoms with Gasteiger partial charge in [-0.15, -0.1) is 0 Å². The first-order chi connectivity index (χ1) is 9.19. The van der Waals surface area contributed by atoms with Gasteiger partial charge in [0.25, 0.3) is 0 Å². The zero-order valence-corrected chi connectivity index (χ0v) is 11.7. The van der Waals surface area contributed by atoms with Crippen molar-refractivity contribution in [1.29, 1.82) is 0 Å². The number of hydrogen-bond donors (Lipinski definition) is 2. The fourth-order valence-corrected chi connectivity index (χ4v) is 2.28. The number of ether oxygens (including phenoxy) is 1. The van der Waals surface area contributed by atoms with Gasteiger partial charge < -0.3 is 15.2 Å². The number of pyridine rings is 1. The average Bonchev–Trinajstić information content (AvgIpc) is 2.43. The Labute approximate surface area is 114 Å². The zero-order valence-electron chi connectivity index (χ0n) is 11.7. The number of aromatic nitrogens is 1. The summed E-state index contributed by atoms with van der Waals surface area (Å²) in [5.74, 6) is 0.248. The molecular weight excluding hydrogens is 242 g/mol. The first-order valence-electron chi connectivity index (χ1n) is 6.89. The number of aromatic hydroxyl groups is 1. The van der Waals surface area contributed by atoms with E-state index in [2.05, 4.69) is 22.1 Å². The first kappa shape index (κ1) is 14.2. The monoisotopic (exact) mass is 265 g/mol. The second-order valence-corrected chi connectivity index (χ2v) is 4.94. The standard InChI is InChI=1S/C14H23N3O2/c1-3-17-6-7-19-12(10-17)8-15-9-13-14(18)5-4-11(2)16-13/h4-5,12,15,18H,3,6-10H2,1-2H3/t12-/m0/s1. The van der Waals surface area contributed by atoms with E-state index in [1.807, 2.05) is 13.0 Å². The summed E-state index contributed by atoms with van der Waals surface area (Å²) in [6, 6.07) is 3.50. The molecule has 0 amide bonds. The maximum atomic E-state index is 9.71. The molecule has 1 atom stereocenters. The highest BCUT2D eigenvalue weighted by Crippen LogP contribution is 2.14. The van der Waals surface area contributed by atoms with E-state index < -0.39 is 0 Å². The number of rotatable bonds is 5. The Hall–Kier alpha value is -1.17. The maximum absolute atomic E-state index is 9.71. The highest BCUT2D eigenvalue weighted by Gasteiger charge is 2.18. The van der Waals surface area contributed by atoms with Gasteiger partial charge in [-0.05, 0) is 25.6 Å². The molecule has 0 bridgehead atoms. The van der Waals surface area contributed by atoms with E-state index in [4.69, 9.17) is 4.74 Å². The van der Waals surface area contributed by atoms with Crippen LogP contribution in [0, 0.1) is 6.92 Å². The maximum Gasteiger partial charge on any atom is 0.138 e. The minimum Gasteiger partial charge on any atom is -0.506 e. The fourth-order valence-electron chi connectivity index (χ4n) is 2.28. The molecule has 5 nitrogen and oxygen atoms in total. The van der Waals surface area contributed by atoms with Crippen LogP contribution in [0.15, 0.2) is 12.1 Å². The van der Waals surface area contributed by atoms with Gasteiger partial charge in [-0.2, -0.15) is 0 Å². The molecule has 2 rings (SSSR count). The third-order valence-corrected chi connectivity index (χ3v) is 3.42. The van der Waals surface area contributed by atoms with Gasteiger partial charge in [0.15, 0.2) is 0 Å². The molecule has 106 valence electrons. The van der Waals surface area contributed by atoms with Gasteiger partial charge in [-0.1, -0.05) is 6.92 Å². The third-order valence-electron chi connectivity index (χ3n) is 3.42. The van der Waals surface area contributed by atoms with Crippen LogP contribution in [0.4, 0.5) is 0 Å². The van der Waals surface area contributed by atoms with E-state index in [9.17, 15) is 5.11 Å². The molecule has 1 saturated heterocycles. The third kappa shape index (κ3) is 4.16. The Balaban J connectivity index is 1.78. The van der Waals surface area contributed by atoms with Crippen LogP contribution >= 0.6 is 0 Å². The van der Waals surface area contributed by atoms with Crippen molar-refractivity contribution >= 4 is 0 Å². The van der Waals surface area contributed by atoms with Crippen LogP contribution in [0.3, 0.4) is 0 Å². The Morgan fingerprint density at radius 2 is 2.37 bits per heavy atom. The largest absolute Gasteiger partial charge is 0.506 e. The molecule has 1 aliphatic rings. The Morgan fingerprint density at radius 1 is 1.53 bits per heavy atom. The number of morpholine rings is 1. The molecule has 0 unspecified atom stereocenters. The summed E-state index contributed by atoms with van der Waals surface area (Å²) in [7, 11) is 0. The number of nitrogens with zero attached hydrogens (tertiary/aromatic N) is 2. The molecule has 2 heterocycles. The minimum atomic E-state index is 0.223. The van der Waals surface area contributed by atoms with Crippen molar-refractivity contribution < 1.29 is 9.84 Å². The second-order valence-electron chi connectivity index (χ2n) is 4.94. The summed E-state index contributed by atoms with van der Waals surface area (Å²) >= 11 is 0. The molecule has 1 aromatic heterocycles. The predicted molar refractivity (Wildman–Crippen MR) is 74.2 cm³/mol. The number of likely N-dealkylation sites (N-methyl/N-ethyl adjacent to an activating group) is 1. The van der Waals surface area contributed by atoms with Crippen LogP contribution in [0.2, 0.25) is 0 Å². The second kappa shape index (κ2) is 6.84. The van der Waals surface area contributed by atoms with Gasteiger partial charge in [0, 0.05) is 31.9 Å². The van der Waals surface area contributed by atoms with Crippen LogP contribution in [0.25, 0.3) is 0 Å². The quantitative estimate of drug-likeness (QED) is 0.828. The molecule has 0 saturated carbocycles. The highest BCUT2D eigenvalue weighted by atomic mass is 16.5. The SMILES string of the molecule is CCN1CCO[C@@H](CNCc2nc(C)ccc2O)C1. The molecule has 5 heteroatoms. The molecular formula is C14H23N3O2. The van der Waals surface area contributed by atoms with Crippen molar-refractivity contribution in [2.75, 3.05) is 32.8 Å². The summed E-state index contributed by atoms with van der Waals surface area (Å²) in [6.45, 7) is 9.31. The van der Waals surface area contributed by atoms with Crippen molar-refractivity contribution in [3.63, 3.8) is 0 Å². The molecule has 0 aromatic carbocycles. The van der Waals surface area contributed by atoms with Crippen molar-refractivity contribution in [1.82, 2.24) is 15.2 Å². The minimum absolute atomic E-state index is 0.223. The summed E-state index contributed by atoms with van der Waals surface area (Å²) in [5.41, 5.74) is 1.61. The summed E-state index contributed by atoms with van der Waals surface area (Å²) in [6.07, 6.45) is 0.223. The van der Waals surface area contributed by atoms with E-state index in [-0.39, 0.29) is 11.9 Å². The van der Waals surface area contributed by atoms with Gasteiger partial charge in [0.05, 0.1) is 18.4 Å². The normalized spacial score (nSPS) is 20.6. The van der Waals surface area contributed by atoms with E-state index in [0.717, 1.165) is 38.5 Å². The fraction of sp³-hybridized carbons (Fsp3) is 0.643. The zero-order chi connectivity index (χ0) is 13.7. The lowest BCUT2D eigenvalue weighted by Gasteiger charge is -2.32. The van der Waals surface area contributed by atoms with Crippen LogP contribution in [-0.4, -0.2) is 53.9 Å². The van der Waals surface area contributed by atoms with E-state index in [0.29, 0.717) is 12.2 Å². The van der Waals surface area contributed by atoms with Crippen molar-refractivity contribution in [2.45, 2.75) is 26.5 Å². The number of aryl methyl sites for hydroxylation is 1. The van der Waals surface area contributed by atoms with Gasteiger partial charge >= 0.3 is 0 Å². The molecule has 19 heavy (non-hydrogen) atoms. The molecule has 1 aliphatic heterocycles. The first-order valence-corrected chi connectivity index (χ1v) is 6.89. The molecule has 1 aromatic rings. The van der Waals surface area contributed by atoms with Gasteiger partial charge in [-0.25, -0.2) is 0 Å². The summed E-state index contributed by atoms with van der Waals surface area (Å²) in [5, 5.41) is 13.0. The van der Waals surface area contributed by atoms with Crippen molar-refractivity contribution in [3.8, 4) is 5.75 Å². The highest BCUT2D eigenvalue weighted by molar-refractivity contribution is 5.27. The van der Waals surface area contributed by atoms with Crippen LogP contribution < -0.4 is 5.32 Å². The number of hydrogen-bond acceptors (Lipinski definition) is 5. The molecule has 0 radical (unpaired) electrons. The van der Waals surface area contributed by atoms with E-state index in [1.54, 1.807) is 6.07 Å². The lowest BCUT2D eigenvalue weighted by molar-refractivity contribution is -0.0254. The van der Waals surface area contributed by atoms with Crippen LogP contribution in [0.5, 0.6) is 5.75 Å². The molecule has 0 spiro atoms. The van der Waals surface area contributed by atoms with Crippen LogP contribution in [0.1, 0.15) is 18.3 Å².